The first-order valence-corrected chi connectivity index (χ1v) is 22.3. The molecule has 1 aliphatic heterocycles. The van der Waals surface area contributed by atoms with E-state index in [0.717, 1.165) is 19.3 Å². The van der Waals surface area contributed by atoms with Gasteiger partial charge in [-0.3, -0.25) is 4.79 Å². The second-order valence-electron chi connectivity index (χ2n) is 19.6. The Labute approximate surface area is 284 Å². The normalized spacial score (nSPS) is 42.4. The maximum Gasteiger partial charge on any atom is 0.302 e. The molecular formula is C40H72O5Si. The molecular weight excluding hydrogens is 589 g/mol. The third-order valence-corrected chi connectivity index (χ3v) is 19.9. The molecule has 5 rings (SSSR count). The lowest BCUT2D eigenvalue weighted by molar-refractivity contribution is -0.191. The predicted molar refractivity (Wildman–Crippen MR) is 190 cm³/mol. The summed E-state index contributed by atoms with van der Waals surface area (Å²) in [6.45, 7) is 32.4. The fourth-order valence-corrected chi connectivity index (χ4v) is 13.2. The van der Waals surface area contributed by atoms with E-state index in [-0.39, 0.29) is 40.1 Å². The Balaban J connectivity index is 1.42. The molecule has 266 valence electrons. The van der Waals surface area contributed by atoms with E-state index in [0.29, 0.717) is 53.4 Å². The van der Waals surface area contributed by atoms with Gasteiger partial charge in [-0.15, -0.1) is 0 Å². The first-order valence-electron chi connectivity index (χ1n) is 19.4. The maximum atomic E-state index is 12.4. The maximum absolute atomic E-state index is 12.4. The van der Waals surface area contributed by atoms with Crippen LogP contribution in [0.2, 0.25) is 18.1 Å². The monoisotopic (exact) mass is 661 g/mol. The Morgan fingerprint density at radius 2 is 1.50 bits per heavy atom. The van der Waals surface area contributed by atoms with Crippen LogP contribution >= 0.6 is 0 Å². The molecule has 3 unspecified atom stereocenters. The number of ether oxygens (including phenoxy) is 3. The number of hydrogen-bond acceptors (Lipinski definition) is 5. The summed E-state index contributed by atoms with van der Waals surface area (Å²) in [5, 5.41) is 0.216. The molecule has 0 bridgehead atoms. The fraction of sp³-hybridized carbons (Fsp3) is 0.975. The van der Waals surface area contributed by atoms with Crippen molar-refractivity contribution in [2.45, 2.75) is 189 Å². The van der Waals surface area contributed by atoms with Crippen LogP contribution in [-0.2, 0) is 23.4 Å². The van der Waals surface area contributed by atoms with E-state index in [1.807, 2.05) is 0 Å². The van der Waals surface area contributed by atoms with E-state index in [1.165, 1.54) is 38.5 Å². The minimum atomic E-state index is -1.86. The van der Waals surface area contributed by atoms with Crippen molar-refractivity contribution in [2.24, 2.45) is 58.2 Å². The van der Waals surface area contributed by atoms with Gasteiger partial charge in [-0.25, -0.2) is 0 Å². The summed E-state index contributed by atoms with van der Waals surface area (Å²) >= 11 is 0. The summed E-state index contributed by atoms with van der Waals surface area (Å²) in [6.07, 6.45) is 11.3. The van der Waals surface area contributed by atoms with Gasteiger partial charge in [0.2, 0.25) is 0 Å². The van der Waals surface area contributed by atoms with Gasteiger partial charge in [0, 0.05) is 13.0 Å². The van der Waals surface area contributed by atoms with Gasteiger partial charge in [-0.1, -0.05) is 68.7 Å². The highest BCUT2D eigenvalue weighted by Crippen LogP contribution is 2.70. The predicted octanol–water partition coefficient (Wildman–Crippen LogP) is 10.4. The minimum Gasteiger partial charge on any atom is -0.462 e. The van der Waals surface area contributed by atoms with Crippen LogP contribution in [0.3, 0.4) is 0 Å². The second kappa shape index (κ2) is 12.7. The van der Waals surface area contributed by atoms with Crippen molar-refractivity contribution in [3.63, 3.8) is 0 Å². The second-order valence-corrected chi connectivity index (χ2v) is 24.4. The van der Waals surface area contributed by atoms with E-state index in [9.17, 15) is 4.79 Å². The third-order valence-electron chi connectivity index (χ3n) is 15.4. The summed E-state index contributed by atoms with van der Waals surface area (Å²) in [5.74, 6) is 3.67. The molecule has 0 spiro atoms. The van der Waals surface area contributed by atoms with Crippen molar-refractivity contribution in [3.8, 4) is 0 Å². The molecule has 1 heterocycles. The van der Waals surface area contributed by atoms with E-state index in [2.05, 4.69) is 89.3 Å². The Hall–Kier alpha value is -0.433. The van der Waals surface area contributed by atoms with Gasteiger partial charge in [0.1, 0.15) is 6.10 Å². The zero-order valence-electron chi connectivity index (χ0n) is 32.3. The lowest BCUT2D eigenvalue weighted by Crippen LogP contribution is -2.64. The highest BCUT2D eigenvalue weighted by molar-refractivity contribution is 6.74. The molecule has 46 heavy (non-hydrogen) atoms. The van der Waals surface area contributed by atoms with Crippen molar-refractivity contribution < 1.29 is 23.4 Å². The van der Waals surface area contributed by atoms with Gasteiger partial charge in [-0.2, -0.15) is 0 Å². The van der Waals surface area contributed by atoms with Gasteiger partial charge in [0.25, 0.3) is 0 Å². The summed E-state index contributed by atoms with van der Waals surface area (Å²) in [5.41, 5.74) is 0.477. The number of carbonyl (C=O) groups is 1. The van der Waals surface area contributed by atoms with Crippen molar-refractivity contribution >= 4 is 14.3 Å². The van der Waals surface area contributed by atoms with Crippen molar-refractivity contribution in [3.05, 3.63) is 0 Å². The molecule has 5 aliphatic rings. The highest BCUT2D eigenvalue weighted by atomic mass is 28.4. The number of rotatable bonds is 9. The van der Waals surface area contributed by atoms with Gasteiger partial charge >= 0.3 is 5.97 Å². The van der Waals surface area contributed by atoms with Crippen LogP contribution in [0.5, 0.6) is 0 Å². The van der Waals surface area contributed by atoms with E-state index in [1.54, 1.807) is 6.92 Å². The Morgan fingerprint density at radius 1 is 0.891 bits per heavy atom. The summed E-state index contributed by atoms with van der Waals surface area (Å²) in [6, 6.07) is 0. The summed E-state index contributed by atoms with van der Waals surface area (Å²) in [7, 11) is -1.86. The van der Waals surface area contributed by atoms with Crippen molar-refractivity contribution in [1.82, 2.24) is 0 Å². The highest BCUT2D eigenvalue weighted by Gasteiger charge is 2.69. The van der Waals surface area contributed by atoms with Crippen LogP contribution in [0.1, 0.15) is 141 Å². The number of carbonyl (C=O) groups excluding carboxylic acids is 1. The van der Waals surface area contributed by atoms with Gasteiger partial charge in [0.15, 0.2) is 14.1 Å². The fourth-order valence-electron chi connectivity index (χ4n) is 11.8. The summed E-state index contributed by atoms with van der Waals surface area (Å²) < 4.78 is 27.3. The largest absolute Gasteiger partial charge is 0.462 e. The van der Waals surface area contributed by atoms with Crippen LogP contribution in [-0.4, -0.2) is 44.5 Å². The molecule has 1 saturated heterocycles. The summed E-state index contributed by atoms with van der Waals surface area (Å²) in [4.78, 5) is 12.4. The minimum absolute atomic E-state index is 0.00896. The van der Waals surface area contributed by atoms with Crippen molar-refractivity contribution in [2.75, 3.05) is 0 Å². The molecule has 4 saturated carbocycles. The Morgan fingerprint density at radius 3 is 2.09 bits per heavy atom. The molecule has 5 nitrogen and oxygen atoms in total. The average Bonchev–Trinajstić information content (AvgIpc) is 3.45. The van der Waals surface area contributed by atoms with E-state index in [4.69, 9.17) is 18.6 Å². The van der Waals surface area contributed by atoms with E-state index >= 15 is 0 Å². The topological polar surface area (TPSA) is 54.0 Å². The molecule has 0 aromatic rings. The van der Waals surface area contributed by atoms with E-state index < -0.39 is 14.1 Å². The van der Waals surface area contributed by atoms with Crippen molar-refractivity contribution in [1.29, 1.82) is 0 Å². The molecule has 4 aliphatic carbocycles. The number of fused-ring (bicyclic) bond motifs is 8. The van der Waals surface area contributed by atoms with Crippen LogP contribution in [0, 0.1) is 58.2 Å². The molecule has 6 heteroatoms. The van der Waals surface area contributed by atoms with Crippen LogP contribution in [0.4, 0.5) is 0 Å². The lowest BCUT2D eigenvalue weighted by Gasteiger charge is -2.64. The van der Waals surface area contributed by atoms with Gasteiger partial charge < -0.3 is 18.6 Å². The zero-order valence-corrected chi connectivity index (χ0v) is 33.3. The molecule has 0 N–H and O–H groups in total. The van der Waals surface area contributed by atoms with Crippen LogP contribution in [0.15, 0.2) is 0 Å². The molecule has 0 amide bonds. The van der Waals surface area contributed by atoms with Crippen LogP contribution < -0.4 is 0 Å². The number of esters is 1. The molecule has 0 aromatic heterocycles. The lowest BCUT2D eigenvalue weighted by atomic mass is 9.43. The zero-order chi connectivity index (χ0) is 34.2. The van der Waals surface area contributed by atoms with Gasteiger partial charge in [0.05, 0.1) is 12.2 Å². The SMILES string of the molecule is CC[C@H](CC(OC(C)=O)C(C)[C@H]1CC[C@H]2[C@@H]3[C@H]4OC(C)(C)O[C@@H]4[C@H]4CC(O[Si](C)(C)C(C)(C)C)CC[C@]4(C)[C@H]3CC[C@]12C)C(C)C. The quantitative estimate of drug-likeness (QED) is 0.182. The van der Waals surface area contributed by atoms with Gasteiger partial charge in [-0.05, 0) is 142 Å². The molecule has 5 fully saturated rings. The Kier molecular flexibility index (Phi) is 10.2. The Bertz CT molecular complexity index is 1100. The third kappa shape index (κ3) is 6.46. The molecule has 13 atom stereocenters. The first-order chi connectivity index (χ1) is 21.1. The molecule has 0 radical (unpaired) electrons. The van der Waals surface area contributed by atoms with Crippen LogP contribution in [0.25, 0.3) is 0 Å². The standard InChI is InChI=1S/C40H72O5Si/c1-15-27(24(2)3)22-33(42-26(5)41)25(4)29-16-17-30-34-31(19-21-39(29,30)11)40(12)20-18-28(45-46(13,14)37(6,7)8)23-32(40)35-36(34)44-38(9,10)43-35/h24-25,27-36H,15-23H2,1-14H3/t25?,27-,28?,29-,30+,31+,32-,33?,34+,35-,36-,39-,40-/m1/s1. The average molecular weight is 661 g/mol. The first kappa shape index (κ1) is 36.8. The smallest absolute Gasteiger partial charge is 0.302 e. The molecule has 0 aromatic carbocycles. The number of hydrogen-bond donors (Lipinski definition) is 0.